The van der Waals surface area contributed by atoms with Gasteiger partial charge in [-0.2, -0.15) is 0 Å². The number of aryl methyl sites for hydroxylation is 1. The zero-order valence-electron chi connectivity index (χ0n) is 17.8. The Labute approximate surface area is 174 Å². The fourth-order valence-electron chi connectivity index (χ4n) is 4.02. The van der Waals surface area contributed by atoms with Gasteiger partial charge < -0.3 is 19.7 Å². The molecule has 2 aliphatic heterocycles. The van der Waals surface area contributed by atoms with Crippen LogP contribution in [0.5, 0.6) is 0 Å². The Kier molecular flexibility index (Phi) is 8.73. The van der Waals surface area contributed by atoms with Gasteiger partial charge in [0.25, 0.3) is 0 Å². The number of piperazine rings is 1. The first kappa shape index (κ1) is 21.5. The summed E-state index contributed by atoms with van der Waals surface area (Å²) in [5, 5.41) is 11.1. The molecule has 0 bridgehead atoms. The summed E-state index contributed by atoms with van der Waals surface area (Å²) in [6.07, 6.45) is 10.5. The number of aliphatic imine (C=N–C) groups is 1. The number of amides is 1. The van der Waals surface area contributed by atoms with E-state index < -0.39 is 0 Å². The number of nitrogens with zero attached hydrogens (tertiary/aromatic N) is 7. The van der Waals surface area contributed by atoms with Gasteiger partial charge in [0.2, 0.25) is 5.91 Å². The lowest BCUT2D eigenvalue weighted by Crippen LogP contribution is -2.54. The van der Waals surface area contributed by atoms with E-state index in [1.54, 1.807) is 12.7 Å². The lowest BCUT2D eigenvalue weighted by atomic mass is 10.2. The van der Waals surface area contributed by atoms with Gasteiger partial charge in [-0.3, -0.25) is 14.7 Å². The van der Waals surface area contributed by atoms with Crippen molar-refractivity contribution < 1.29 is 4.79 Å². The molecule has 2 saturated heterocycles. The van der Waals surface area contributed by atoms with Crippen LogP contribution in [0.3, 0.4) is 0 Å². The maximum absolute atomic E-state index is 12.6. The van der Waals surface area contributed by atoms with Crippen molar-refractivity contribution in [3.63, 3.8) is 0 Å². The van der Waals surface area contributed by atoms with Crippen molar-refractivity contribution in [1.82, 2.24) is 34.8 Å². The third-order valence-corrected chi connectivity index (χ3v) is 5.79. The largest absolute Gasteiger partial charge is 0.356 e. The van der Waals surface area contributed by atoms with Crippen LogP contribution >= 0.6 is 0 Å². The van der Waals surface area contributed by atoms with Gasteiger partial charge >= 0.3 is 0 Å². The normalized spacial score (nSPS) is 19.3. The predicted octanol–water partition coefficient (Wildman–Crippen LogP) is 0.654. The fraction of sp³-hybridized carbons (Fsp3) is 0.800. The lowest BCUT2D eigenvalue weighted by molar-refractivity contribution is -0.132. The molecule has 0 aromatic carbocycles. The second-order valence-electron chi connectivity index (χ2n) is 7.94. The third-order valence-electron chi connectivity index (χ3n) is 5.79. The summed E-state index contributed by atoms with van der Waals surface area (Å²) in [5.41, 5.74) is 0. The summed E-state index contributed by atoms with van der Waals surface area (Å²) < 4.78 is 2.00. The molecule has 29 heavy (non-hydrogen) atoms. The molecule has 162 valence electrons. The average Bonchev–Trinajstić information content (AvgIpc) is 3.11. The smallest absolute Gasteiger partial charge is 0.236 e. The van der Waals surface area contributed by atoms with Crippen LogP contribution in [0.15, 0.2) is 17.6 Å². The molecule has 0 radical (unpaired) electrons. The number of carbonyl (C=O) groups excluding carboxylic acids is 1. The van der Waals surface area contributed by atoms with Crippen molar-refractivity contribution in [1.29, 1.82) is 0 Å². The van der Waals surface area contributed by atoms with Crippen LogP contribution in [-0.4, -0.2) is 101 Å². The van der Waals surface area contributed by atoms with Crippen molar-refractivity contribution in [3.8, 4) is 0 Å². The van der Waals surface area contributed by atoms with Crippen LogP contribution < -0.4 is 5.32 Å². The molecule has 0 atom stereocenters. The van der Waals surface area contributed by atoms with Crippen LogP contribution in [0, 0.1) is 0 Å². The van der Waals surface area contributed by atoms with Gasteiger partial charge in [-0.25, -0.2) is 0 Å². The van der Waals surface area contributed by atoms with Gasteiger partial charge in [0.15, 0.2) is 5.96 Å². The van der Waals surface area contributed by atoms with Crippen molar-refractivity contribution in [2.45, 2.75) is 45.1 Å². The van der Waals surface area contributed by atoms with Crippen molar-refractivity contribution in [2.24, 2.45) is 4.99 Å². The number of likely N-dealkylation sites (tertiary alicyclic amines) is 1. The highest BCUT2D eigenvalue weighted by Gasteiger charge is 2.23. The molecule has 3 rings (SSSR count). The molecular weight excluding hydrogens is 368 g/mol. The molecule has 1 aromatic heterocycles. The average molecular weight is 405 g/mol. The maximum Gasteiger partial charge on any atom is 0.236 e. The van der Waals surface area contributed by atoms with Crippen molar-refractivity contribution in [2.75, 3.05) is 59.4 Å². The monoisotopic (exact) mass is 404 g/mol. The van der Waals surface area contributed by atoms with Gasteiger partial charge in [0.1, 0.15) is 12.7 Å². The Balaban J connectivity index is 1.32. The second-order valence-corrected chi connectivity index (χ2v) is 7.94. The number of rotatable bonds is 7. The van der Waals surface area contributed by atoms with Gasteiger partial charge in [-0.15, -0.1) is 10.2 Å². The van der Waals surface area contributed by atoms with E-state index in [2.05, 4.69) is 35.2 Å². The van der Waals surface area contributed by atoms with Gasteiger partial charge in [0.05, 0.1) is 6.54 Å². The zero-order valence-corrected chi connectivity index (χ0v) is 17.8. The number of unbranched alkanes of at least 4 members (excludes halogenated alkanes) is 1. The number of hydrogen-bond acceptors (Lipinski definition) is 5. The minimum Gasteiger partial charge on any atom is -0.356 e. The van der Waals surface area contributed by atoms with E-state index in [1.807, 2.05) is 11.6 Å². The topological polar surface area (TPSA) is 81.9 Å². The number of hydrogen-bond donors (Lipinski definition) is 1. The Morgan fingerprint density at radius 1 is 0.931 bits per heavy atom. The third kappa shape index (κ3) is 6.99. The van der Waals surface area contributed by atoms with Gasteiger partial charge in [-0.1, -0.05) is 12.8 Å². The van der Waals surface area contributed by atoms with E-state index in [-0.39, 0.29) is 0 Å². The van der Waals surface area contributed by atoms with E-state index in [0.717, 1.165) is 84.0 Å². The minimum atomic E-state index is 0.302. The molecule has 2 aliphatic rings. The maximum atomic E-state index is 12.6. The van der Waals surface area contributed by atoms with Gasteiger partial charge in [-0.05, 0) is 25.7 Å². The van der Waals surface area contributed by atoms with E-state index in [9.17, 15) is 4.79 Å². The number of carbonyl (C=O) groups is 1. The summed E-state index contributed by atoms with van der Waals surface area (Å²) >= 11 is 0. The van der Waals surface area contributed by atoms with Crippen LogP contribution in [0.25, 0.3) is 0 Å². The first-order valence-corrected chi connectivity index (χ1v) is 11.0. The fourth-order valence-corrected chi connectivity index (χ4v) is 4.02. The Hall–Kier alpha value is -2.16. The molecule has 3 heterocycles. The van der Waals surface area contributed by atoms with E-state index >= 15 is 0 Å². The summed E-state index contributed by atoms with van der Waals surface area (Å²) in [7, 11) is 1.84. The first-order valence-electron chi connectivity index (χ1n) is 11.0. The summed E-state index contributed by atoms with van der Waals surface area (Å²) in [4.78, 5) is 23.7. The van der Waals surface area contributed by atoms with Crippen LogP contribution in [0.2, 0.25) is 0 Å². The zero-order chi connectivity index (χ0) is 20.3. The SMILES string of the molecule is CN=C(NCCCCn1cnnc1)N1CCN(CC(=O)N2CCCCCC2)CC1. The second kappa shape index (κ2) is 11.7. The highest BCUT2D eigenvalue weighted by atomic mass is 16.2. The summed E-state index contributed by atoms with van der Waals surface area (Å²) in [5.74, 6) is 1.27. The molecule has 0 spiro atoms. The highest BCUT2D eigenvalue weighted by molar-refractivity contribution is 5.80. The van der Waals surface area contributed by atoms with Crippen LogP contribution in [0.4, 0.5) is 0 Å². The number of nitrogens with one attached hydrogen (secondary N) is 1. The lowest BCUT2D eigenvalue weighted by Gasteiger charge is -2.37. The molecule has 2 fully saturated rings. The first-order chi connectivity index (χ1) is 14.3. The Bertz CT molecular complexity index is 616. The molecule has 0 saturated carbocycles. The van der Waals surface area contributed by atoms with Crippen molar-refractivity contribution in [3.05, 3.63) is 12.7 Å². The summed E-state index contributed by atoms with van der Waals surface area (Å²) in [6, 6.07) is 0. The van der Waals surface area contributed by atoms with Crippen LogP contribution in [0.1, 0.15) is 38.5 Å². The molecule has 1 N–H and O–H groups in total. The molecule has 0 aliphatic carbocycles. The molecule has 0 unspecified atom stereocenters. The molecular formula is C20H36N8O. The van der Waals surface area contributed by atoms with Gasteiger partial charge in [0, 0.05) is 59.4 Å². The van der Waals surface area contributed by atoms with Crippen LogP contribution in [-0.2, 0) is 11.3 Å². The molecule has 9 heteroatoms. The Morgan fingerprint density at radius 2 is 1.62 bits per heavy atom. The highest BCUT2D eigenvalue weighted by Crippen LogP contribution is 2.11. The van der Waals surface area contributed by atoms with E-state index in [0.29, 0.717) is 12.5 Å². The van der Waals surface area contributed by atoms with Crippen molar-refractivity contribution >= 4 is 11.9 Å². The summed E-state index contributed by atoms with van der Waals surface area (Å²) in [6.45, 7) is 7.92. The standard InChI is InChI=1S/C20H36N8O/c1-21-20(22-8-4-7-9-26-17-23-24-18-26)28-14-12-25(13-15-28)16-19(29)27-10-5-2-3-6-11-27/h17-18H,2-16H2,1H3,(H,21,22). The molecule has 9 nitrogen and oxygen atoms in total. The number of guanidine groups is 1. The van der Waals surface area contributed by atoms with E-state index in [4.69, 9.17) is 0 Å². The van der Waals surface area contributed by atoms with E-state index in [1.165, 1.54) is 12.8 Å². The molecule has 1 amide bonds. The predicted molar refractivity (Wildman–Crippen MR) is 114 cm³/mol. The molecule has 1 aromatic rings. The Morgan fingerprint density at radius 3 is 2.28 bits per heavy atom. The quantitative estimate of drug-likeness (QED) is 0.408. The minimum absolute atomic E-state index is 0.302. The number of aromatic nitrogens is 3.